The molecule has 0 unspecified atom stereocenters. The maximum Gasteiger partial charge on any atom is 0.136 e. The van der Waals surface area contributed by atoms with Gasteiger partial charge in [-0.25, -0.2) is 0 Å². The molecule has 12 rings (SSSR count). The molecular weight excluding hydrogens is 717 g/mol. The standard InChI is InChI=1S/C56H38N2O/c1-35-33-49(57(39-18-8-4-9-19-39)47-23-13-12-22-43(47)37-15-6-3-7-16-37)45-29-27-42-36(2)34-50(46-30-28-41(35)54(45)55(42)46)58(40-20-10-5-11-21-40)48-31-32-52-56-44(48)26-25-38-17-14-24-51(59-52)53(38)56/h3-34H,1-2H3. The zero-order valence-electron chi connectivity index (χ0n) is 32.8. The monoisotopic (exact) mass is 754 g/mol. The van der Waals surface area contributed by atoms with Crippen LogP contribution in [0.2, 0.25) is 0 Å². The van der Waals surface area contributed by atoms with E-state index in [1.54, 1.807) is 0 Å². The third kappa shape index (κ3) is 5.01. The van der Waals surface area contributed by atoms with Crippen LogP contribution < -0.4 is 9.80 Å². The minimum Gasteiger partial charge on any atom is -0.456 e. The first-order valence-corrected chi connectivity index (χ1v) is 20.4. The van der Waals surface area contributed by atoms with Crippen molar-refractivity contribution in [3.63, 3.8) is 0 Å². The zero-order chi connectivity index (χ0) is 39.2. The molecule has 0 spiro atoms. The Morgan fingerprint density at radius 3 is 1.49 bits per heavy atom. The molecule has 11 aromatic carbocycles. The van der Waals surface area contributed by atoms with Gasteiger partial charge in [0.15, 0.2) is 0 Å². The van der Waals surface area contributed by atoms with E-state index in [1.165, 1.54) is 76.1 Å². The van der Waals surface area contributed by atoms with E-state index < -0.39 is 0 Å². The number of hydrogen-bond acceptors (Lipinski definition) is 3. The molecule has 0 aliphatic heterocycles. The fourth-order valence-corrected chi connectivity index (χ4v) is 9.80. The largest absolute Gasteiger partial charge is 0.456 e. The van der Waals surface area contributed by atoms with Gasteiger partial charge in [-0.2, -0.15) is 0 Å². The molecule has 278 valence electrons. The van der Waals surface area contributed by atoms with Gasteiger partial charge in [-0.1, -0.05) is 133 Å². The first kappa shape index (κ1) is 33.5. The van der Waals surface area contributed by atoms with E-state index in [-0.39, 0.29) is 0 Å². The molecule has 0 saturated carbocycles. The van der Waals surface area contributed by atoms with E-state index in [4.69, 9.17) is 4.42 Å². The summed E-state index contributed by atoms with van der Waals surface area (Å²) in [6.45, 7) is 4.53. The second kappa shape index (κ2) is 13.0. The summed E-state index contributed by atoms with van der Waals surface area (Å²) < 4.78 is 6.44. The van der Waals surface area contributed by atoms with Crippen LogP contribution in [0.4, 0.5) is 34.1 Å². The first-order chi connectivity index (χ1) is 29.1. The van der Waals surface area contributed by atoms with Gasteiger partial charge in [-0.3, -0.25) is 0 Å². The van der Waals surface area contributed by atoms with Crippen molar-refractivity contribution in [2.45, 2.75) is 13.8 Å². The van der Waals surface area contributed by atoms with Crippen molar-refractivity contribution >= 4 is 99.2 Å². The highest BCUT2D eigenvalue weighted by Gasteiger charge is 2.26. The normalized spacial score (nSPS) is 11.9. The Bertz CT molecular complexity index is 3520. The molecule has 1 aromatic heterocycles. The van der Waals surface area contributed by atoms with Gasteiger partial charge in [0.2, 0.25) is 0 Å². The highest BCUT2D eigenvalue weighted by atomic mass is 16.3. The van der Waals surface area contributed by atoms with Crippen molar-refractivity contribution in [1.82, 2.24) is 0 Å². The Kier molecular flexibility index (Phi) is 7.36. The Labute approximate surface area is 342 Å². The van der Waals surface area contributed by atoms with E-state index in [2.05, 4.69) is 218 Å². The number of benzene rings is 11. The topological polar surface area (TPSA) is 19.6 Å². The Balaban J connectivity index is 1.16. The molecular formula is C56H38N2O. The van der Waals surface area contributed by atoms with Crippen LogP contribution in [0.3, 0.4) is 0 Å². The predicted molar refractivity (Wildman–Crippen MR) is 250 cm³/mol. The van der Waals surface area contributed by atoms with Crippen molar-refractivity contribution in [2.75, 3.05) is 9.80 Å². The molecule has 59 heavy (non-hydrogen) atoms. The lowest BCUT2D eigenvalue weighted by atomic mass is 9.88. The molecule has 0 saturated heterocycles. The summed E-state index contributed by atoms with van der Waals surface area (Å²) >= 11 is 0. The quantitative estimate of drug-likeness (QED) is 0.151. The highest BCUT2D eigenvalue weighted by molar-refractivity contribution is 6.30. The number of furan rings is 1. The Morgan fingerprint density at radius 2 is 0.847 bits per heavy atom. The summed E-state index contributed by atoms with van der Waals surface area (Å²) in [5.41, 5.74) is 13.5. The van der Waals surface area contributed by atoms with Crippen molar-refractivity contribution in [3.8, 4) is 11.1 Å². The lowest BCUT2D eigenvalue weighted by Crippen LogP contribution is -2.13. The second-order valence-electron chi connectivity index (χ2n) is 15.7. The lowest BCUT2D eigenvalue weighted by molar-refractivity contribution is 0.669. The zero-order valence-corrected chi connectivity index (χ0v) is 32.8. The fourth-order valence-electron chi connectivity index (χ4n) is 9.80. The molecule has 0 amide bonds. The molecule has 0 aliphatic carbocycles. The molecule has 3 nitrogen and oxygen atoms in total. The third-order valence-corrected chi connectivity index (χ3v) is 12.4. The summed E-state index contributed by atoms with van der Waals surface area (Å²) in [4.78, 5) is 4.92. The molecule has 3 heteroatoms. The minimum absolute atomic E-state index is 0.912. The van der Waals surface area contributed by atoms with Gasteiger partial charge in [-0.05, 0) is 118 Å². The van der Waals surface area contributed by atoms with Crippen molar-refractivity contribution in [2.24, 2.45) is 0 Å². The van der Waals surface area contributed by atoms with E-state index >= 15 is 0 Å². The van der Waals surface area contributed by atoms with Gasteiger partial charge in [0.25, 0.3) is 0 Å². The first-order valence-electron chi connectivity index (χ1n) is 20.4. The second-order valence-corrected chi connectivity index (χ2v) is 15.7. The average molecular weight is 755 g/mol. The van der Waals surface area contributed by atoms with Gasteiger partial charge >= 0.3 is 0 Å². The SMILES string of the molecule is Cc1cc(N(c2ccccc2)c2ccccc2-c2ccccc2)c2ccc3c(C)cc(N(c4ccccc4)c4ccc5oc6cccc7ccc4c5c76)c4ccc1c2c34. The number of para-hydroxylation sites is 3. The van der Waals surface area contributed by atoms with Crippen LogP contribution in [0.1, 0.15) is 11.1 Å². The van der Waals surface area contributed by atoms with Crippen LogP contribution in [-0.4, -0.2) is 0 Å². The summed E-state index contributed by atoms with van der Waals surface area (Å²) in [5, 5.41) is 12.2. The van der Waals surface area contributed by atoms with Gasteiger partial charge < -0.3 is 14.2 Å². The molecule has 0 aliphatic rings. The van der Waals surface area contributed by atoms with Crippen LogP contribution in [0.25, 0.3) is 76.2 Å². The smallest absolute Gasteiger partial charge is 0.136 e. The van der Waals surface area contributed by atoms with Crippen molar-refractivity contribution in [1.29, 1.82) is 0 Å². The van der Waals surface area contributed by atoms with Crippen LogP contribution in [-0.2, 0) is 0 Å². The van der Waals surface area contributed by atoms with E-state index in [0.29, 0.717) is 0 Å². The van der Waals surface area contributed by atoms with E-state index in [9.17, 15) is 0 Å². The van der Waals surface area contributed by atoms with Crippen LogP contribution in [0, 0.1) is 13.8 Å². The molecule has 0 bridgehead atoms. The van der Waals surface area contributed by atoms with Crippen molar-refractivity contribution in [3.05, 3.63) is 205 Å². The Hall–Kier alpha value is -7.62. The number of aryl methyl sites for hydroxylation is 2. The summed E-state index contributed by atoms with van der Waals surface area (Å²) in [6.07, 6.45) is 0. The van der Waals surface area contributed by atoms with E-state index in [1.807, 2.05) is 0 Å². The minimum atomic E-state index is 0.912. The average Bonchev–Trinajstić information content (AvgIpc) is 3.68. The van der Waals surface area contributed by atoms with Gasteiger partial charge in [0, 0.05) is 43.9 Å². The van der Waals surface area contributed by atoms with Crippen LogP contribution >= 0.6 is 0 Å². The van der Waals surface area contributed by atoms with Crippen molar-refractivity contribution < 1.29 is 4.42 Å². The molecule has 1 heterocycles. The maximum absolute atomic E-state index is 6.44. The number of hydrogen-bond donors (Lipinski definition) is 0. The fraction of sp³-hybridized carbons (Fsp3) is 0.0357. The van der Waals surface area contributed by atoms with Crippen LogP contribution in [0.15, 0.2) is 199 Å². The van der Waals surface area contributed by atoms with E-state index in [0.717, 1.165) is 45.3 Å². The number of nitrogens with zero attached hydrogens (tertiary/aromatic N) is 2. The molecule has 0 fully saturated rings. The highest BCUT2D eigenvalue weighted by Crippen LogP contribution is 2.51. The third-order valence-electron chi connectivity index (χ3n) is 12.4. The van der Waals surface area contributed by atoms with Gasteiger partial charge in [-0.15, -0.1) is 0 Å². The molecule has 12 aromatic rings. The maximum atomic E-state index is 6.44. The molecule has 0 atom stereocenters. The lowest BCUT2D eigenvalue weighted by Gasteiger charge is -2.31. The summed E-state index contributed by atoms with van der Waals surface area (Å²) in [5.74, 6) is 0. The summed E-state index contributed by atoms with van der Waals surface area (Å²) in [7, 11) is 0. The van der Waals surface area contributed by atoms with Crippen LogP contribution in [0.5, 0.6) is 0 Å². The molecule has 0 N–H and O–H groups in total. The van der Waals surface area contributed by atoms with Gasteiger partial charge in [0.05, 0.1) is 22.7 Å². The number of anilines is 6. The summed E-state index contributed by atoms with van der Waals surface area (Å²) in [6, 6.07) is 70.6. The number of rotatable bonds is 7. The van der Waals surface area contributed by atoms with Gasteiger partial charge in [0.1, 0.15) is 11.2 Å². The predicted octanol–water partition coefficient (Wildman–Crippen LogP) is 16.3. The Morgan fingerprint density at radius 1 is 0.339 bits per heavy atom. The molecule has 0 radical (unpaired) electrons.